The van der Waals surface area contributed by atoms with E-state index in [2.05, 4.69) is 5.10 Å². The van der Waals surface area contributed by atoms with Gasteiger partial charge in [0, 0.05) is 12.0 Å². The molecule has 0 spiro atoms. The predicted molar refractivity (Wildman–Crippen MR) is 149 cm³/mol. The Kier molecular flexibility index (Phi) is 8.15. The maximum atomic E-state index is 13.6. The standard InChI is InChI=1S/C28H26Cl2N4O6/c1-27(2,3)40-25(37)28(31,14-17-7-5-4-6-8-17)24(36)34-23(35)16-33(26(34)38)32-15-19-10-12-22(39-19)18-9-11-20(29)21(30)13-18/h4-13,15H,14,16,31H2,1-3H3. The molecule has 1 aromatic heterocycles. The molecule has 0 radical (unpaired) electrons. The van der Waals surface area contributed by atoms with E-state index < -0.39 is 41.5 Å². The van der Waals surface area contributed by atoms with Gasteiger partial charge < -0.3 is 14.9 Å². The number of nitrogens with two attached hydrogens (primary N) is 1. The highest BCUT2D eigenvalue weighted by molar-refractivity contribution is 6.42. The van der Waals surface area contributed by atoms with Crippen molar-refractivity contribution in [3.8, 4) is 11.3 Å². The Bertz CT molecular complexity index is 1500. The molecule has 0 bridgehead atoms. The van der Waals surface area contributed by atoms with Crippen molar-refractivity contribution in [2.75, 3.05) is 6.54 Å². The number of hydrogen-bond acceptors (Lipinski definition) is 8. The smallest absolute Gasteiger partial charge is 0.354 e. The number of benzene rings is 2. The van der Waals surface area contributed by atoms with Gasteiger partial charge in [0.1, 0.15) is 23.7 Å². The van der Waals surface area contributed by atoms with E-state index in [-0.39, 0.29) is 12.2 Å². The number of rotatable bonds is 7. The third kappa shape index (κ3) is 6.25. The van der Waals surface area contributed by atoms with Crippen LogP contribution in [0.3, 0.4) is 0 Å². The molecule has 40 heavy (non-hydrogen) atoms. The van der Waals surface area contributed by atoms with E-state index in [1.54, 1.807) is 81.4 Å². The number of carbonyl (C=O) groups excluding carboxylic acids is 4. The minimum Gasteiger partial charge on any atom is -0.458 e. The summed E-state index contributed by atoms with van der Waals surface area (Å²) >= 11 is 12.0. The normalized spacial score (nSPS) is 15.6. The average Bonchev–Trinajstić information content (AvgIpc) is 3.47. The van der Waals surface area contributed by atoms with Crippen LogP contribution in [-0.4, -0.2) is 57.6 Å². The predicted octanol–water partition coefficient (Wildman–Crippen LogP) is 4.66. The van der Waals surface area contributed by atoms with Crippen molar-refractivity contribution in [2.45, 2.75) is 38.3 Å². The topological polar surface area (TPSA) is 136 Å². The van der Waals surface area contributed by atoms with Crippen molar-refractivity contribution in [1.29, 1.82) is 0 Å². The van der Waals surface area contributed by atoms with Gasteiger partial charge in [0.2, 0.25) is 0 Å². The van der Waals surface area contributed by atoms with Crippen LogP contribution in [0.1, 0.15) is 32.1 Å². The van der Waals surface area contributed by atoms with E-state index in [0.717, 1.165) is 5.01 Å². The Morgan fingerprint density at radius 3 is 2.40 bits per heavy atom. The Morgan fingerprint density at radius 2 is 1.75 bits per heavy atom. The molecule has 12 heteroatoms. The van der Waals surface area contributed by atoms with Gasteiger partial charge in [-0.05, 0) is 56.7 Å². The van der Waals surface area contributed by atoms with E-state index >= 15 is 0 Å². The monoisotopic (exact) mass is 584 g/mol. The van der Waals surface area contributed by atoms with Crippen LogP contribution in [0.15, 0.2) is 70.2 Å². The Morgan fingerprint density at radius 1 is 1.05 bits per heavy atom. The molecular weight excluding hydrogens is 559 g/mol. The number of furan rings is 1. The first-order valence-electron chi connectivity index (χ1n) is 12.1. The Hall–Kier alpha value is -3.99. The lowest BCUT2D eigenvalue weighted by Crippen LogP contribution is -2.64. The van der Waals surface area contributed by atoms with Gasteiger partial charge in [-0.15, -0.1) is 0 Å². The molecule has 1 aliphatic heterocycles. The molecule has 4 rings (SSSR count). The van der Waals surface area contributed by atoms with E-state index in [0.29, 0.717) is 31.8 Å². The third-order valence-electron chi connectivity index (χ3n) is 5.78. The number of nitrogens with zero attached hydrogens (tertiary/aromatic N) is 3. The van der Waals surface area contributed by atoms with Crippen LogP contribution in [0.2, 0.25) is 10.0 Å². The number of amides is 4. The molecular formula is C28H26Cl2N4O6. The Balaban J connectivity index is 1.55. The summed E-state index contributed by atoms with van der Waals surface area (Å²) in [4.78, 5) is 53.0. The molecule has 2 heterocycles. The number of carbonyl (C=O) groups is 4. The number of esters is 1. The second-order valence-corrected chi connectivity index (χ2v) is 10.9. The van der Waals surface area contributed by atoms with Crippen molar-refractivity contribution in [2.24, 2.45) is 10.8 Å². The maximum absolute atomic E-state index is 13.6. The number of hydrogen-bond donors (Lipinski definition) is 1. The summed E-state index contributed by atoms with van der Waals surface area (Å²) in [6.45, 7) is 4.30. The highest BCUT2D eigenvalue weighted by Crippen LogP contribution is 2.29. The van der Waals surface area contributed by atoms with E-state index in [9.17, 15) is 19.2 Å². The van der Waals surface area contributed by atoms with Gasteiger partial charge in [-0.25, -0.2) is 14.6 Å². The minimum absolute atomic E-state index is 0.261. The van der Waals surface area contributed by atoms with Crippen LogP contribution < -0.4 is 5.73 Å². The van der Waals surface area contributed by atoms with Gasteiger partial charge >= 0.3 is 12.0 Å². The molecule has 10 nitrogen and oxygen atoms in total. The molecule has 1 unspecified atom stereocenters. The van der Waals surface area contributed by atoms with Crippen LogP contribution in [0.5, 0.6) is 0 Å². The average molecular weight is 585 g/mol. The number of hydrazone groups is 1. The zero-order chi connectivity index (χ0) is 29.2. The van der Waals surface area contributed by atoms with Crippen molar-refractivity contribution in [1.82, 2.24) is 9.91 Å². The highest BCUT2D eigenvalue weighted by Gasteiger charge is 2.53. The fraction of sp³-hybridized carbons (Fsp3) is 0.250. The first kappa shape index (κ1) is 29.0. The summed E-state index contributed by atoms with van der Waals surface area (Å²) in [6.07, 6.45) is 0.916. The highest BCUT2D eigenvalue weighted by atomic mass is 35.5. The summed E-state index contributed by atoms with van der Waals surface area (Å²) in [6, 6.07) is 15.7. The lowest BCUT2D eigenvalue weighted by molar-refractivity contribution is -0.166. The van der Waals surface area contributed by atoms with E-state index in [1.165, 1.54) is 6.21 Å². The third-order valence-corrected chi connectivity index (χ3v) is 6.51. The SMILES string of the molecule is CC(C)(C)OC(=O)C(N)(Cc1ccccc1)C(=O)N1C(=O)CN(N=Cc2ccc(-c3ccc(Cl)c(Cl)c3)o2)C1=O. The molecule has 3 aromatic rings. The lowest BCUT2D eigenvalue weighted by Gasteiger charge is -2.31. The van der Waals surface area contributed by atoms with Gasteiger partial charge in [-0.1, -0.05) is 53.5 Å². The summed E-state index contributed by atoms with van der Waals surface area (Å²) in [5.41, 5.74) is 4.23. The van der Waals surface area contributed by atoms with Crippen LogP contribution in [0.4, 0.5) is 4.79 Å². The zero-order valence-corrected chi connectivity index (χ0v) is 23.4. The van der Waals surface area contributed by atoms with Crippen molar-refractivity contribution >= 4 is 53.2 Å². The van der Waals surface area contributed by atoms with Crippen molar-refractivity contribution in [3.05, 3.63) is 82.0 Å². The second kappa shape index (κ2) is 11.2. The maximum Gasteiger partial charge on any atom is 0.354 e. The van der Waals surface area contributed by atoms with E-state index in [1.807, 2.05) is 0 Å². The first-order chi connectivity index (χ1) is 18.8. The summed E-state index contributed by atoms with van der Waals surface area (Å²) in [5, 5.41) is 5.54. The van der Waals surface area contributed by atoms with Crippen LogP contribution in [0, 0.1) is 0 Å². The first-order valence-corrected chi connectivity index (χ1v) is 12.9. The second-order valence-electron chi connectivity index (χ2n) is 10.1. The molecule has 0 saturated carbocycles. The number of halogens is 2. The van der Waals surface area contributed by atoms with Gasteiger partial charge in [-0.2, -0.15) is 10.0 Å². The molecule has 2 N–H and O–H groups in total. The number of imide groups is 3. The number of urea groups is 1. The molecule has 1 atom stereocenters. The van der Waals surface area contributed by atoms with Gasteiger partial charge in [0.15, 0.2) is 5.54 Å². The molecule has 2 aromatic carbocycles. The summed E-state index contributed by atoms with van der Waals surface area (Å²) in [5.74, 6) is -2.45. The number of ether oxygens (including phenoxy) is 1. The molecule has 208 valence electrons. The van der Waals surface area contributed by atoms with Crippen LogP contribution >= 0.6 is 23.2 Å². The fourth-order valence-corrected chi connectivity index (χ4v) is 4.15. The van der Waals surface area contributed by atoms with Gasteiger partial charge in [0.25, 0.3) is 11.8 Å². The van der Waals surface area contributed by atoms with Crippen LogP contribution in [0.25, 0.3) is 11.3 Å². The summed E-state index contributed by atoms with van der Waals surface area (Å²) in [7, 11) is 0. The van der Waals surface area contributed by atoms with E-state index in [4.69, 9.17) is 38.1 Å². The Labute approximate surface area is 240 Å². The minimum atomic E-state index is -2.35. The lowest BCUT2D eigenvalue weighted by atomic mass is 9.90. The largest absolute Gasteiger partial charge is 0.458 e. The quantitative estimate of drug-likeness (QED) is 0.184. The molecule has 0 aliphatic carbocycles. The molecule has 1 aliphatic rings. The zero-order valence-electron chi connectivity index (χ0n) is 21.9. The molecule has 1 fully saturated rings. The van der Waals surface area contributed by atoms with Gasteiger partial charge in [0.05, 0.1) is 16.3 Å². The van der Waals surface area contributed by atoms with Crippen molar-refractivity contribution < 1.29 is 28.3 Å². The van der Waals surface area contributed by atoms with Crippen LogP contribution in [-0.2, 0) is 25.5 Å². The molecule has 4 amide bonds. The fourth-order valence-electron chi connectivity index (χ4n) is 3.85. The van der Waals surface area contributed by atoms with Gasteiger partial charge in [-0.3, -0.25) is 9.59 Å². The summed E-state index contributed by atoms with van der Waals surface area (Å²) < 4.78 is 11.1. The van der Waals surface area contributed by atoms with Crippen molar-refractivity contribution in [3.63, 3.8) is 0 Å². The molecule has 1 saturated heterocycles.